The Balaban J connectivity index is 1.98. The predicted octanol–water partition coefficient (Wildman–Crippen LogP) is 4.62. The first-order valence-corrected chi connectivity index (χ1v) is 9.97. The van der Waals surface area contributed by atoms with Crippen LogP contribution in [0, 0.1) is 5.92 Å². The summed E-state index contributed by atoms with van der Waals surface area (Å²) < 4.78 is 11.8. The predicted molar refractivity (Wildman–Crippen MR) is 96.9 cm³/mol. The smallest absolute Gasteiger partial charge is 0.161 e. The van der Waals surface area contributed by atoms with Gasteiger partial charge in [-0.2, -0.15) is 0 Å². The lowest BCUT2D eigenvalue weighted by molar-refractivity contribution is -0.255. The number of hydrogen-bond acceptors (Lipinski definition) is 4. The van der Waals surface area contributed by atoms with Gasteiger partial charge in [0.1, 0.15) is 6.29 Å². The zero-order chi connectivity index (χ0) is 17.8. The number of ether oxygens (including phenoxy) is 2. The molecule has 1 rings (SSSR count). The molecular formula is C20H38O4. The Hall–Kier alpha value is -0.450. The monoisotopic (exact) mass is 342 g/mol. The number of unbranched alkanes of at least 4 members (excludes halogenated alkanes) is 8. The summed E-state index contributed by atoms with van der Waals surface area (Å²) in [7, 11) is 0. The van der Waals surface area contributed by atoms with E-state index in [1.165, 1.54) is 44.9 Å². The molecule has 0 radical (unpaired) electrons. The molecule has 4 nitrogen and oxygen atoms in total. The van der Waals surface area contributed by atoms with E-state index < -0.39 is 0 Å². The summed E-state index contributed by atoms with van der Waals surface area (Å²) in [5, 5.41) is 9.81. The van der Waals surface area contributed by atoms with Gasteiger partial charge in [0.05, 0.1) is 18.3 Å². The second-order valence-electron chi connectivity index (χ2n) is 7.51. The summed E-state index contributed by atoms with van der Waals surface area (Å²) in [5.41, 5.74) is 0. The first kappa shape index (κ1) is 21.6. The van der Waals surface area contributed by atoms with Crippen LogP contribution in [-0.2, 0) is 14.3 Å². The zero-order valence-corrected chi connectivity index (χ0v) is 15.9. The fourth-order valence-corrected chi connectivity index (χ4v) is 3.30. The molecule has 0 aliphatic carbocycles. The van der Waals surface area contributed by atoms with Gasteiger partial charge in [0, 0.05) is 12.3 Å². The highest BCUT2D eigenvalue weighted by Gasteiger charge is 2.33. The first-order chi connectivity index (χ1) is 11.5. The third kappa shape index (κ3) is 9.14. The van der Waals surface area contributed by atoms with Gasteiger partial charge in [0.2, 0.25) is 0 Å². The second kappa shape index (κ2) is 12.8. The van der Waals surface area contributed by atoms with E-state index in [2.05, 4.69) is 13.8 Å². The summed E-state index contributed by atoms with van der Waals surface area (Å²) in [6, 6.07) is 0. The molecule has 4 heteroatoms. The number of rotatable bonds is 13. The number of carbonyl (C=O) groups is 1. The van der Waals surface area contributed by atoms with Gasteiger partial charge in [0.25, 0.3) is 0 Å². The van der Waals surface area contributed by atoms with Crippen molar-refractivity contribution in [3.63, 3.8) is 0 Å². The van der Waals surface area contributed by atoms with Gasteiger partial charge >= 0.3 is 0 Å². The lowest BCUT2D eigenvalue weighted by Crippen LogP contribution is -2.44. The molecular weight excluding hydrogens is 304 g/mol. The first-order valence-electron chi connectivity index (χ1n) is 9.97. The minimum atomic E-state index is -0.367. The highest BCUT2D eigenvalue weighted by Crippen LogP contribution is 2.27. The maximum absolute atomic E-state index is 10.2. The Morgan fingerprint density at radius 2 is 1.67 bits per heavy atom. The third-order valence-electron chi connectivity index (χ3n) is 5.02. The van der Waals surface area contributed by atoms with Crippen molar-refractivity contribution >= 4 is 6.29 Å². The number of carbonyl (C=O) groups excluding carboxylic acids is 1. The van der Waals surface area contributed by atoms with Gasteiger partial charge in [-0.25, -0.2) is 0 Å². The number of hydrogen-bond donors (Lipinski definition) is 1. The summed E-state index contributed by atoms with van der Waals surface area (Å²) in [4.78, 5) is 10.2. The second-order valence-corrected chi connectivity index (χ2v) is 7.51. The fourth-order valence-electron chi connectivity index (χ4n) is 3.30. The van der Waals surface area contributed by atoms with Crippen LogP contribution in [0.25, 0.3) is 0 Å². The van der Waals surface area contributed by atoms with Crippen LogP contribution in [0.3, 0.4) is 0 Å². The Labute approximate surface area is 148 Å². The molecule has 0 amide bonds. The Morgan fingerprint density at radius 3 is 2.29 bits per heavy atom. The van der Waals surface area contributed by atoms with Crippen molar-refractivity contribution in [2.24, 2.45) is 5.92 Å². The van der Waals surface area contributed by atoms with E-state index in [1.807, 2.05) is 6.92 Å². The molecule has 24 heavy (non-hydrogen) atoms. The van der Waals surface area contributed by atoms with Gasteiger partial charge in [-0.3, -0.25) is 0 Å². The van der Waals surface area contributed by atoms with Crippen LogP contribution < -0.4 is 0 Å². The van der Waals surface area contributed by atoms with E-state index in [1.54, 1.807) is 0 Å². The molecule has 1 saturated heterocycles. The topological polar surface area (TPSA) is 55.8 Å². The molecule has 0 bridgehead atoms. The van der Waals surface area contributed by atoms with E-state index in [4.69, 9.17) is 9.47 Å². The van der Waals surface area contributed by atoms with Crippen molar-refractivity contribution < 1.29 is 19.4 Å². The van der Waals surface area contributed by atoms with E-state index in [0.29, 0.717) is 0 Å². The standard InChI is InChI=1S/C20H38O4/c1-16-15-19(22)18(3)24-20(16)23-17(2)13-11-9-7-5-4-6-8-10-12-14-21/h14,16-20,22H,4-13,15H2,1-3H3/t16-,17-,18+,19-,20-/m1/s1. The average molecular weight is 343 g/mol. The molecule has 5 atom stereocenters. The normalized spacial score (nSPS) is 28.7. The van der Waals surface area contributed by atoms with E-state index >= 15 is 0 Å². The SMILES string of the molecule is C[C@H](CCCCCCCCCCC=O)O[C@@H]1O[C@@H](C)[C@H](O)C[C@H]1C. The Morgan fingerprint density at radius 1 is 1.08 bits per heavy atom. The van der Waals surface area contributed by atoms with Gasteiger partial charge in [-0.15, -0.1) is 0 Å². The summed E-state index contributed by atoms with van der Waals surface area (Å²) >= 11 is 0. The minimum absolute atomic E-state index is 0.134. The average Bonchev–Trinajstić information content (AvgIpc) is 2.54. The molecule has 0 aromatic carbocycles. The summed E-state index contributed by atoms with van der Waals surface area (Å²) in [6.07, 6.45) is 12.9. The molecule has 1 N–H and O–H groups in total. The van der Waals surface area contributed by atoms with Crippen molar-refractivity contribution in [3.8, 4) is 0 Å². The van der Waals surface area contributed by atoms with Crippen molar-refractivity contribution in [2.75, 3.05) is 0 Å². The van der Waals surface area contributed by atoms with E-state index in [9.17, 15) is 9.90 Å². The maximum Gasteiger partial charge on any atom is 0.161 e. The van der Waals surface area contributed by atoms with E-state index in [-0.39, 0.29) is 30.5 Å². The van der Waals surface area contributed by atoms with Crippen molar-refractivity contribution in [1.82, 2.24) is 0 Å². The lowest BCUT2D eigenvalue weighted by atomic mass is 9.96. The quantitative estimate of drug-likeness (QED) is 0.392. The summed E-state index contributed by atoms with van der Waals surface area (Å²) in [6.45, 7) is 6.12. The molecule has 1 aliphatic heterocycles. The van der Waals surface area contributed by atoms with Crippen LogP contribution in [0.4, 0.5) is 0 Å². The number of aldehydes is 1. The van der Waals surface area contributed by atoms with Crippen LogP contribution in [0.2, 0.25) is 0 Å². The van der Waals surface area contributed by atoms with Crippen molar-refractivity contribution in [3.05, 3.63) is 0 Å². The van der Waals surface area contributed by atoms with E-state index in [0.717, 1.165) is 32.0 Å². The molecule has 0 aromatic rings. The molecule has 0 spiro atoms. The fraction of sp³-hybridized carbons (Fsp3) is 0.950. The van der Waals surface area contributed by atoms with Crippen LogP contribution in [0.1, 0.15) is 91.4 Å². The van der Waals surface area contributed by atoms with Crippen LogP contribution in [0.5, 0.6) is 0 Å². The lowest BCUT2D eigenvalue weighted by Gasteiger charge is -2.37. The molecule has 1 fully saturated rings. The number of aliphatic hydroxyl groups excluding tert-OH is 1. The van der Waals surface area contributed by atoms with Gasteiger partial charge in [-0.05, 0) is 33.1 Å². The molecule has 142 valence electrons. The van der Waals surface area contributed by atoms with Crippen LogP contribution >= 0.6 is 0 Å². The number of aliphatic hydroxyl groups is 1. The Bertz CT molecular complexity index is 321. The van der Waals surface area contributed by atoms with Crippen LogP contribution in [-0.4, -0.2) is 36.0 Å². The third-order valence-corrected chi connectivity index (χ3v) is 5.02. The molecule has 0 unspecified atom stereocenters. The molecule has 0 saturated carbocycles. The molecule has 1 aliphatic rings. The minimum Gasteiger partial charge on any atom is -0.390 e. The molecule has 1 heterocycles. The van der Waals surface area contributed by atoms with Crippen molar-refractivity contribution in [2.45, 2.75) is 116 Å². The maximum atomic E-state index is 10.2. The van der Waals surface area contributed by atoms with Crippen molar-refractivity contribution in [1.29, 1.82) is 0 Å². The van der Waals surface area contributed by atoms with Gasteiger partial charge in [-0.1, -0.05) is 51.9 Å². The molecule has 0 aromatic heterocycles. The summed E-state index contributed by atoms with van der Waals surface area (Å²) in [5.74, 6) is 0.248. The van der Waals surface area contributed by atoms with Gasteiger partial charge < -0.3 is 19.4 Å². The largest absolute Gasteiger partial charge is 0.390 e. The zero-order valence-electron chi connectivity index (χ0n) is 15.9. The Kier molecular flexibility index (Phi) is 11.6. The highest BCUT2D eigenvalue weighted by molar-refractivity contribution is 5.48. The highest BCUT2D eigenvalue weighted by atomic mass is 16.7. The van der Waals surface area contributed by atoms with Gasteiger partial charge in [0.15, 0.2) is 6.29 Å². The van der Waals surface area contributed by atoms with Crippen LogP contribution in [0.15, 0.2) is 0 Å².